The van der Waals surface area contributed by atoms with Gasteiger partial charge in [0.25, 0.3) is 0 Å². The molecule has 2 heterocycles. The minimum Gasteiger partial charge on any atom is -0.477 e. The summed E-state index contributed by atoms with van der Waals surface area (Å²) in [7, 11) is 0. The SMILES string of the molecule is O=C(O)c1cc(SCCN2CCNC2=O)ccn1. The van der Waals surface area contributed by atoms with E-state index in [1.807, 2.05) is 0 Å². The highest BCUT2D eigenvalue weighted by molar-refractivity contribution is 7.99. The molecule has 0 aliphatic carbocycles. The first kappa shape index (κ1) is 12.7. The van der Waals surface area contributed by atoms with Crippen molar-refractivity contribution in [1.29, 1.82) is 0 Å². The Labute approximate surface area is 108 Å². The van der Waals surface area contributed by atoms with Gasteiger partial charge in [-0.1, -0.05) is 0 Å². The van der Waals surface area contributed by atoms with Gasteiger partial charge in [0.15, 0.2) is 0 Å². The van der Waals surface area contributed by atoms with E-state index in [1.54, 1.807) is 11.0 Å². The van der Waals surface area contributed by atoms with E-state index in [9.17, 15) is 9.59 Å². The van der Waals surface area contributed by atoms with Gasteiger partial charge in [-0.3, -0.25) is 0 Å². The predicted octanol–water partition coefficient (Wildman–Crippen LogP) is 0.897. The van der Waals surface area contributed by atoms with Crippen molar-refractivity contribution in [1.82, 2.24) is 15.2 Å². The molecule has 2 amide bonds. The van der Waals surface area contributed by atoms with E-state index in [-0.39, 0.29) is 11.7 Å². The van der Waals surface area contributed by atoms with Crippen molar-refractivity contribution in [2.24, 2.45) is 0 Å². The van der Waals surface area contributed by atoms with Crippen LogP contribution < -0.4 is 5.32 Å². The Morgan fingerprint density at radius 3 is 3.11 bits per heavy atom. The average molecular weight is 267 g/mol. The molecule has 1 saturated heterocycles. The molecule has 2 N–H and O–H groups in total. The Balaban J connectivity index is 1.84. The van der Waals surface area contributed by atoms with Gasteiger partial charge in [0.05, 0.1) is 0 Å². The van der Waals surface area contributed by atoms with Gasteiger partial charge >= 0.3 is 12.0 Å². The summed E-state index contributed by atoms with van der Waals surface area (Å²) in [4.78, 5) is 28.4. The fourth-order valence-corrected chi connectivity index (χ4v) is 2.52. The topological polar surface area (TPSA) is 82.5 Å². The molecule has 0 unspecified atom stereocenters. The number of nitrogens with one attached hydrogen (secondary N) is 1. The Morgan fingerprint density at radius 2 is 2.44 bits per heavy atom. The number of aromatic carboxylic acids is 1. The van der Waals surface area contributed by atoms with Crippen LogP contribution in [0, 0.1) is 0 Å². The predicted molar refractivity (Wildman–Crippen MR) is 66.9 cm³/mol. The zero-order valence-corrected chi connectivity index (χ0v) is 10.4. The molecular formula is C11H13N3O3S. The van der Waals surface area contributed by atoms with Crippen LogP contribution in [0.1, 0.15) is 10.5 Å². The van der Waals surface area contributed by atoms with Crippen LogP contribution in [0.4, 0.5) is 4.79 Å². The third-order valence-corrected chi connectivity index (χ3v) is 3.50. The third kappa shape index (κ3) is 3.13. The van der Waals surface area contributed by atoms with Crippen LogP contribution in [-0.4, -0.2) is 52.4 Å². The first-order valence-corrected chi connectivity index (χ1v) is 6.50. The Hall–Kier alpha value is -1.76. The summed E-state index contributed by atoms with van der Waals surface area (Å²) in [5.74, 6) is -0.299. The van der Waals surface area contributed by atoms with Crippen LogP contribution >= 0.6 is 11.8 Å². The number of amides is 2. The lowest BCUT2D eigenvalue weighted by Crippen LogP contribution is -2.30. The molecule has 0 radical (unpaired) electrons. The summed E-state index contributed by atoms with van der Waals surface area (Å²) in [6, 6.07) is 3.27. The molecule has 0 atom stereocenters. The lowest BCUT2D eigenvalue weighted by Gasteiger charge is -2.13. The van der Waals surface area contributed by atoms with Gasteiger partial charge in [-0.05, 0) is 12.1 Å². The molecule has 0 aromatic carbocycles. The van der Waals surface area contributed by atoms with Gasteiger partial charge in [-0.15, -0.1) is 11.8 Å². The molecule has 1 aromatic heterocycles. The van der Waals surface area contributed by atoms with Crippen LogP contribution in [0.15, 0.2) is 23.2 Å². The second-order valence-corrected chi connectivity index (χ2v) is 4.92. The Bertz CT molecular complexity index is 467. The van der Waals surface area contributed by atoms with Gasteiger partial charge in [0.1, 0.15) is 5.69 Å². The highest BCUT2D eigenvalue weighted by Gasteiger charge is 2.18. The fourth-order valence-electron chi connectivity index (χ4n) is 1.62. The van der Waals surface area contributed by atoms with Crippen molar-refractivity contribution in [3.8, 4) is 0 Å². The summed E-state index contributed by atoms with van der Waals surface area (Å²) in [5, 5.41) is 11.5. The largest absolute Gasteiger partial charge is 0.477 e. The van der Waals surface area contributed by atoms with Gasteiger partial charge in [0.2, 0.25) is 0 Å². The zero-order chi connectivity index (χ0) is 13.0. The maximum absolute atomic E-state index is 11.3. The molecule has 2 rings (SSSR count). The molecule has 96 valence electrons. The minimum atomic E-state index is -1.03. The van der Waals surface area contributed by atoms with E-state index in [0.29, 0.717) is 13.1 Å². The van der Waals surface area contributed by atoms with Gasteiger partial charge in [-0.25, -0.2) is 14.6 Å². The average Bonchev–Trinajstić information content (AvgIpc) is 2.76. The highest BCUT2D eigenvalue weighted by atomic mass is 32.2. The van der Waals surface area contributed by atoms with Crippen LogP contribution in [-0.2, 0) is 0 Å². The van der Waals surface area contributed by atoms with E-state index in [2.05, 4.69) is 10.3 Å². The Kier molecular flexibility index (Phi) is 4.03. The quantitative estimate of drug-likeness (QED) is 0.774. The van der Waals surface area contributed by atoms with Crippen LogP contribution in [0.25, 0.3) is 0 Å². The fraction of sp³-hybridized carbons (Fsp3) is 0.364. The van der Waals surface area contributed by atoms with E-state index >= 15 is 0 Å². The maximum Gasteiger partial charge on any atom is 0.354 e. The zero-order valence-electron chi connectivity index (χ0n) is 9.63. The monoisotopic (exact) mass is 267 g/mol. The number of hydrogen-bond acceptors (Lipinski definition) is 4. The van der Waals surface area contributed by atoms with Gasteiger partial charge in [-0.2, -0.15) is 0 Å². The number of pyridine rings is 1. The number of aromatic nitrogens is 1. The number of urea groups is 1. The van der Waals surface area contributed by atoms with Crippen molar-refractivity contribution in [3.63, 3.8) is 0 Å². The molecule has 1 fully saturated rings. The number of nitrogens with zero attached hydrogens (tertiary/aromatic N) is 2. The van der Waals surface area contributed by atoms with Gasteiger partial charge < -0.3 is 15.3 Å². The van der Waals surface area contributed by atoms with Crippen molar-refractivity contribution >= 4 is 23.8 Å². The number of thioether (sulfide) groups is 1. The number of carbonyl (C=O) groups is 2. The summed E-state index contributed by atoms with van der Waals surface area (Å²) in [5.41, 5.74) is 0.0407. The van der Waals surface area contributed by atoms with E-state index in [4.69, 9.17) is 5.11 Å². The smallest absolute Gasteiger partial charge is 0.354 e. The third-order valence-electron chi connectivity index (χ3n) is 2.53. The van der Waals surface area contributed by atoms with E-state index < -0.39 is 5.97 Å². The molecule has 1 aliphatic heterocycles. The van der Waals surface area contributed by atoms with Crippen molar-refractivity contribution < 1.29 is 14.7 Å². The van der Waals surface area contributed by atoms with Crippen LogP contribution in [0.2, 0.25) is 0 Å². The Morgan fingerprint density at radius 1 is 1.61 bits per heavy atom. The molecule has 0 saturated carbocycles. The maximum atomic E-state index is 11.3. The van der Waals surface area contributed by atoms with Crippen LogP contribution in [0.5, 0.6) is 0 Å². The molecule has 0 spiro atoms. The summed E-state index contributed by atoms with van der Waals surface area (Å²) in [6.07, 6.45) is 1.48. The van der Waals surface area contributed by atoms with E-state index in [0.717, 1.165) is 17.2 Å². The minimum absolute atomic E-state index is 0.0310. The molecule has 0 bridgehead atoms. The molecule has 18 heavy (non-hydrogen) atoms. The van der Waals surface area contributed by atoms with Crippen molar-refractivity contribution in [2.45, 2.75) is 4.90 Å². The molecule has 1 aromatic rings. The summed E-state index contributed by atoms with van der Waals surface area (Å²) in [6.45, 7) is 2.08. The van der Waals surface area contributed by atoms with Crippen LogP contribution in [0.3, 0.4) is 0 Å². The first-order valence-electron chi connectivity index (χ1n) is 5.52. The molecular weight excluding hydrogens is 254 g/mol. The van der Waals surface area contributed by atoms with Crippen molar-refractivity contribution in [2.75, 3.05) is 25.4 Å². The second kappa shape index (κ2) is 5.72. The number of hydrogen-bond donors (Lipinski definition) is 2. The summed E-state index contributed by atoms with van der Waals surface area (Å²) < 4.78 is 0. The molecule has 1 aliphatic rings. The lowest BCUT2D eigenvalue weighted by molar-refractivity contribution is 0.0690. The van der Waals surface area contributed by atoms with Crippen molar-refractivity contribution in [3.05, 3.63) is 24.0 Å². The standard InChI is InChI=1S/C11H13N3O3S/c15-10(16)9-7-8(1-2-12-9)18-6-5-14-4-3-13-11(14)17/h1-2,7H,3-6H2,(H,13,17)(H,15,16). The number of carboxylic acid groups (broad SMARTS) is 1. The lowest BCUT2D eigenvalue weighted by atomic mass is 10.3. The normalized spacial score (nSPS) is 14.7. The number of carbonyl (C=O) groups excluding carboxylic acids is 1. The van der Waals surface area contributed by atoms with Gasteiger partial charge in [0, 0.05) is 36.5 Å². The number of carboxylic acids is 1. The first-order chi connectivity index (χ1) is 8.66. The summed E-state index contributed by atoms with van der Waals surface area (Å²) >= 11 is 1.52. The molecule has 6 nitrogen and oxygen atoms in total. The number of rotatable bonds is 5. The second-order valence-electron chi connectivity index (χ2n) is 3.75. The molecule has 7 heteroatoms. The van der Waals surface area contributed by atoms with E-state index in [1.165, 1.54) is 24.0 Å². The highest BCUT2D eigenvalue weighted by Crippen LogP contribution is 2.18.